The van der Waals surface area contributed by atoms with Crippen LogP contribution in [0.5, 0.6) is 0 Å². The highest BCUT2D eigenvalue weighted by Gasteiger charge is 2.05. The van der Waals surface area contributed by atoms with Crippen LogP contribution in [0.1, 0.15) is 44.7 Å². The van der Waals surface area contributed by atoms with Gasteiger partial charge in [-0.1, -0.05) is 27.7 Å². The third-order valence-corrected chi connectivity index (χ3v) is 2.40. The number of imidazole rings is 1. The third kappa shape index (κ3) is 2.38. The van der Waals surface area contributed by atoms with E-state index >= 15 is 0 Å². The van der Waals surface area contributed by atoms with Crippen LogP contribution in [0.3, 0.4) is 0 Å². The molecule has 0 aliphatic rings. The lowest BCUT2D eigenvalue weighted by Crippen LogP contribution is -1.95. The molecule has 2 nitrogen and oxygen atoms in total. The molecule has 0 aromatic carbocycles. The van der Waals surface area contributed by atoms with Crippen molar-refractivity contribution in [3.63, 3.8) is 0 Å². The smallest absolute Gasteiger partial charge is 0.136 e. The number of nitrogens with zero attached hydrogens (tertiary/aromatic N) is 2. The van der Waals surface area contributed by atoms with Gasteiger partial charge in [0.15, 0.2) is 0 Å². The fourth-order valence-electron chi connectivity index (χ4n) is 1.68. The molecule has 15 heavy (non-hydrogen) atoms. The molecule has 0 amide bonds. The van der Waals surface area contributed by atoms with Gasteiger partial charge in [0.25, 0.3) is 0 Å². The van der Waals surface area contributed by atoms with E-state index in [1.807, 2.05) is 26.2 Å². The van der Waals surface area contributed by atoms with E-state index < -0.39 is 0 Å². The van der Waals surface area contributed by atoms with Gasteiger partial charge in [-0.15, -0.1) is 0 Å². The van der Waals surface area contributed by atoms with Crippen LogP contribution in [0.25, 0.3) is 5.65 Å². The number of aryl methyl sites for hydroxylation is 1. The number of aromatic nitrogens is 2. The van der Waals surface area contributed by atoms with E-state index in [0.717, 1.165) is 5.65 Å². The van der Waals surface area contributed by atoms with Crippen LogP contribution in [-0.2, 0) is 0 Å². The minimum Gasteiger partial charge on any atom is -0.307 e. The normalized spacial score (nSPS) is 10.3. The van der Waals surface area contributed by atoms with Crippen LogP contribution in [0.4, 0.5) is 0 Å². The highest BCUT2D eigenvalue weighted by atomic mass is 15.0. The number of fused-ring (bicyclic) bond motifs is 1. The summed E-state index contributed by atoms with van der Waals surface area (Å²) in [6.45, 7) is 10.6. The average Bonchev–Trinajstić information content (AvgIpc) is 2.66. The van der Waals surface area contributed by atoms with E-state index in [4.69, 9.17) is 0 Å². The molecule has 2 aromatic heterocycles. The molecule has 0 aliphatic heterocycles. The minimum atomic E-state index is 0.576. The van der Waals surface area contributed by atoms with Crippen LogP contribution >= 0.6 is 0 Å². The summed E-state index contributed by atoms with van der Waals surface area (Å²) in [5.41, 5.74) is 3.75. The van der Waals surface area contributed by atoms with Crippen molar-refractivity contribution >= 4 is 5.65 Å². The molecule has 0 N–H and O–H groups in total. The molecule has 2 heteroatoms. The lowest BCUT2D eigenvalue weighted by molar-refractivity contribution is 0.843. The molecular formula is C13H20N2. The van der Waals surface area contributed by atoms with Gasteiger partial charge >= 0.3 is 0 Å². The third-order valence-electron chi connectivity index (χ3n) is 2.40. The predicted molar refractivity (Wildman–Crippen MR) is 65.4 cm³/mol. The maximum atomic E-state index is 4.24. The van der Waals surface area contributed by atoms with Gasteiger partial charge in [-0.25, -0.2) is 4.98 Å². The molecular weight excluding hydrogens is 184 g/mol. The van der Waals surface area contributed by atoms with Crippen LogP contribution in [0, 0.1) is 6.92 Å². The maximum absolute atomic E-state index is 4.24. The van der Waals surface area contributed by atoms with Crippen LogP contribution in [0.15, 0.2) is 24.7 Å². The second kappa shape index (κ2) is 4.96. The lowest BCUT2D eigenvalue weighted by atomic mass is 10.0. The van der Waals surface area contributed by atoms with Crippen molar-refractivity contribution in [2.45, 2.75) is 40.5 Å². The zero-order valence-electron chi connectivity index (χ0n) is 10.3. The molecule has 0 saturated heterocycles. The first kappa shape index (κ1) is 11.8. The maximum Gasteiger partial charge on any atom is 0.136 e. The van der Waals surface area contributed by atoms with Gasteiger partial charge in [0.05, 0.1) is 0 Å². The summed E-state index contributed by atoms with van der Waals surface area (Å²) in [7, 11) is 0. The zero-order chi connectivity index (χ0) is 11.4. The van der Waals surface area contributed by atoms with Crippen molar-refractivity contribution in [3.05, 3.63) is 35.8 Å². The molecule has 0 aliphatic carbocycles. The van der Waals surface area contributed by atoms with E-state index in [1.54, 1.807) is 0 Å². The number of hydrogen-bond donors (Lipinski definition) is 0. The molecule has 82 valence electrons. The van der Waals surface area contributed by atoms with Crippen molar-refractivity contribution in [1.82, 2.24) is 9.38 Å². The van der Waals surface area contributed by atoms with E-state index in [1.165, 1.54) is 11.1 Å². The summed E-state index contributed by atoms with van der Waals surface area (Å²) >= 11 is 0. The molecule has 2 rings (SSSR count). The number of rotatable bonds is 1. The van der Waals surface area contributed by atoms with Crippen molar-refractivity contribution in [2.75, 3.05) is 0 Å². The van der Waals surface area contributed by atoms with E-state index in [0.29, 0.717) is 5.92 Å². The second-order valence-corrected chi connectivity index (χ2v) is 3.76. The Morgan fingerprint density at radius 2 is 1.93 bits per heavy atom. The quantitative estimate of drug-likeness (QED) is 0.690. The van der Waals surface area contributed by atoms with Gasteiger partial charge in [-0.05, 0) is 30.0 Å². The summed E-state index contributed by atoms with van der Waals surface area (Å²) in [6, 6.07) is 2.13. The van der Waals surface area contributed by atoms with Crippen molar-refractivity contribution in [1.29, 1.82) is 0 Å². The van der Waals surface area contributed by atoms with Crippen LogP contribution < -0.4 is 0 Å². The molecule has 0 unspecified atom stereocenters. The first-order valence-corrected chi connectivity index (χ1v) is 5.61. The topological polar surface area (TPSA) is 17.3 Å². The van der Waals surface area contributed by atoms with Gasteiger partial charge in [0.2, 0.25) is 0 Å². The Kier molecular flexibility index (Phi) is 3.89. The lowest BCUT2D eigenvalue weighted by Gasteiger charge is -2.09. The van der Waals surface area contributed by atoms with Gasteiger partial charge in [0.1, 0.15) is 5.65 Å². The van der Waals surface area contributed by atoms with Crippen LogP contribution in [-0.4, -0.2) is 9.38 Å². The summed E-state index contributed by atoms with van der Waals surface area (Å²) in [6.07, 6.45) is 5.99. The Morgan fingerprint density at radius 3 is 2.53 bits per heavy atom. The molecule has 0 fully saturated rings. The molecule has 0 bridgehead atoms. The Hall–Kier alpha value is -1.31. The second-order valence-electron chi connectivity index (χ2n) is 3.76. The fraction of sp³-hybridized carbons (Fsp3) is 0.462. The Morgan fingerprint density at radius 1 is 1.27 bits per heavy atom. The number of pyridine rings is 1. The van der Waals surface area contributed by atoms with Gasteiger partial charge in [-0.2, -0.15) is 0 Å². The van der Waals surface area contributed by atoms with E-state index in [-0.39, 0.29) is 0 Å². The molecule has 2 aromatic rings. The molecule has 0 atom stereocenters. The largest absolute Gasteiger partial charge is 0.307 e. The Labute approximate surface area is 92.0 Å². The van der Waals surface area contributed by atoms with Crippen molar-refractivity contribution in [2.24, 2.45) is 0 Å². The zero-order valence-corrected chi connectivity index (χ0v) is 10.3. The summed E-state index contributed by atoms with van der Waals surface area (Å²) in [5.74, 6) is 0.576. The van der Waals surface area contributed by atoms with Gasteiger partial charge < -0.3 is 4.40 Å². The molecule has 0 radical (unpaired) electrons. The first-order valence-electron chi connectivity index (χ1n) is 5.61. The van der Waals surface area contributed by atoms with Crippen molar-refractivity contribution in [3.8, 4) is 0 Å². The van der Waals surface area contributed by atoms with E-state index in [2.05, 4.69) is 42.4 Å². The summed E-state index contributed by atoms with van der Waals surface area (Å²) < 4.78 is 2.07. The minimum absolute atomic E-state index is 0.576. The van der Waals surface area contributed by atoms with Gasteiger partial charge in [-0.3, -0.25) is 0 Å². The monoisotopic (exact) mass is 204 g/mol. The summed E-state index contributed by atoms with van der Waals surface area (Å²) in [5, 5.41) is 0. The fourth-order valence-corrected chi connectivity index (χ4v) is 1.68. The van der Waals surface area contributed by atoms with E-state index in [9.17, 15) is 0 Å². The van der Waals surface area contributed by atoms with Crippen molar-refractivity contribution < 1.29 is 0 Å². The Bertz CT molecular complexity index is 427. The standard InChI is InChI=1S/C11H14N2.C2H6/c1-8(2)10-7-13-5-4-12-11(13)6-9(10)3;1-2/h4-8H,1-3H3;1-2H3. The van der Waals surface area contributed by atoms with Gasteiger partial charge in [0, 0.05) is 18.6 Å². The Balaban J connectivity index is 0.000000531. The summed E-state index contributed by atoms with van der Waals surface area (Å²) in [4.78, 5) is 4.24. The highest BCUT2D eigenvalue weighted by Crippen LogP contribution is 2.19. The molecule has 2 heterocycles. The predicted octanol–water partition coefficient (Wildman–Crippen LogP) is 3.79. The SMILES string of the molecule is CC.Cc1cc2nccn2cc1C(C)C. The molecule has 0 saturated carbocycles. The van der Waals surface area contributed by atoms with Crippen LogP contribution in [0.2, 0.25) is 0 Å². The first-order chi connectivity index (χ1) is 7.18. The highest BCUT2D eigenvalue weighted by molar-refractivity contribution is 5.44. The average molecular weight is 204 g/mol. The molecule has 0 spiro atoms. The number of hydrogen-bond acceptors (Lipinski definition) is 1.